The minimum atomic E-state index is -3.00. The van der Waals surface area contributed by atoms with Gasteiger partial charge in [0.25, 0.3) is 5.91 Å². The first-order chi connectivity index (χ1) is 12.6. The Hall–Kier alpha value is -2.48. The lowest BCUT2D eigenvalue weighted by atomic mass is 10.1. The van der Waals surface area contributed by atoms with Crippen molar-refractivity contribution in [3.05, 3.63) is 46.9 Å². The molecule has 1 aromatic heterocycles. The van der Waals surface area contributed by atoms with Gasteiger partial charge in [0.05, 0.1) is 11.5 Å². The van der Waals surface area contributed by atoms with Crippen LogP contribution in [0.1, 0.15) is 33.9 Å². The second-order valence-corrected chi connectivity index (χ2v) is 9.39. The first-order valence-electron chi connectivity index (χ1n) is 8.81. The lowest BCUT2D eigenvalue weighted by Crippen LogP contribution is -2.33. The number of nitrogens with zero attached hydrogens (tertiary/aromatic N) is 3. The van der Waals surface area contributed by atoms with E-state index in [4.69, 9.17) is 0 Å². The number of amides is 1. The molecule has 27 heavy (non-hydrogen) atoms. The van der Waals surface area contributed by atoms with Gasteiger partial charge < -0.3 is 10.2 Å². The van der Waals surface area contributed by atoms with Crippen LogP contribution in [-0.2, 0) is 9.84 Å². The first kappa shape index (κ1) is 19.3. The lowest BCUT2D eigenvalue weighted by molar-refractivity contribution is 0.102. The smallest absolute Gasteiger partial charge is 0.274 e. The topological polar surface area (TPSA) is 92.3 Å². The maximum absolute atomic E-state index is 12.7. The highest BCUT2D eigenvalue weighted by Gasteiger charge is 2.31. The van der Waals surface area contributed by atoms with E-state index in [9.17, 15) is 13.2 Å². The van der Waals surface area contributed by atoms with Gasteiger partial charge in [-0.15, -0.1) is 0 Å². The third-order valence-corrected chi connectivity index (χ3v) is 6.40. The molecular weight excluding hydrogens is 364 g/mol. The molecule has 2 aromatic rings. The average molecular weight is 388 g/mol. The third-order valence-electron chi connectivity index (χ3n) is 4.65. The molecular formula is C19H24N4O3S. The molecule has 1 fully saturated rings. The maximum atomic E-state index is 12.7. The summed E-state index contributed by atoms with van der Waals surface area (Å²) >= 11 is 0. The molecule has 8 heteroatoms. The van der Waals surface area contributed by atoms with Gasteiger partial charge >= 0.3 is 0 Å². The van der Waals surface area contributed by atoms with E-state index in [1.807, 2.05) is 36.9 Å². The molecule has 0 aliphatic carbocycles. The number of aromatic nitrogens is 2. The highest BCUT2D eigenvalue weighted by atomic mass is 32.2. The number of aryl methyl sites for hydroxylation is 3. The van der Waals surface area contributed by atoms with Crippen LogP contribution in [0, 0.1) is 20.8 Å². The van der Waals surface area contributed by atoms with Crippen molar-refractivity contribution in [2.45, 2.75) is 33.2 Å². The number of carbonyl (C=O) groups excluding carboxylic acids is 1. The van der Waals surface area contributed by atoms with E-state index in [2.05, 4.69) is 15.3 Å². The summed E-state index contributed by atoms with van der Waals surface area (Å²) in [7, 11) is -1.19. The standard InChI is InChI=1S/C19H24N4O3S/c1-12-7-13(2)9-15(8-12)22-19(24)17-10-18(21-14(3)20-17)23(4)16-5-6-27(25,26)11-16/h7-10,16H,5-6,11H2,1-4H3,(H,22,24). The third kappa shape index (κ3) is 4.63. The zero-order chi connectivity index (χ0) is 19.8. The van der Waals surface area contributed by atoms with Crippen LogP contribution in [0.5, 0.6) is 0 Å². The molecule has 1 unspecified atom stereocenters. The summed E-state index contributed by atoms with van der Waals surface area (Å²) in [5.74, 6) is 0.989. The molecule has 0 bridgehead atoms. The SMILES string of the molecule is Cc1cc(C)cc(NC(=O)c2cc(N(C)C3CCS(=O)(=O)C3)nc(C)n2)c1. The van der Waals surface area contributed by atoms with Crippen LogP contribution in [0.25, 0.3) is 0 Å². The quantitative estimate of drug-likeness (QED) is 0.864. The number of nitrogens with one attached hydrogen (secondary N) is 1. The molecule has 1 N–H and O–H groups in total. The Morgan fingerprint density at radius 2 is 1.78 bits per heavy atom. The summed E-state index contributed by atoms with van der Waals surface area (Å²) < 4.78 is 23.5. The van der Waals surface area contributed by atoms with Crippen molar-refractivity contribution in [2.24, 2.45) is 0 Å². The minimum absolute atomic E-state index is 0.108. The van der Waals surface area contributed by atoms with E-state index in [0.29, 0.717) is 23.8 Å². The number of anilines is 2. The van der Waals surface area contributed by atoms with Gasteiger partial charge in [-0.25, -0.2) is 18.4 Å². The van der Waals surface area contributed by atoms with Gasteiger partial charge in [0.2, 0.25) is 0 Å². The molecule has 1 aliphatic heterocycles. The van der Waals surface area contributed by atoms with E-state index >= 15 is 0 Å². The predicted molar refractivity (Wildman–Crippen MR) is 106 cm³/mol. The molecule has 1 aliphatic rings. The monoisotopic (exact) mass is 388 g/mol. The van der Waals surface area contributed by atoms with Crippen LogP contribution >= 0.6 is 0 Å². The van der Waals surface area contributed by atoms with Crippen molar-refractivity contribution in [1.82, 2.24) is 9.97 Å². The molecule has 2 heterocycles. The molecule has 0 saturated carbocycles. The fourth-order valence-corrected chi connectivity index (χ4v) is 5.13. The zero-order valence-electron chi connectivity index (χ0n) is 16.0. The van der Waals surface area contributed by atoms with Crippen molar-refractivity contribution in [2.75, 3.05) is 28.8 Å². The summed E-state index contributed by atoms with van der Waals surface area (Å²) in [5, 5.41) is 2.87. The first-order valence-corrected chi connectivity index (χ1v) is 10.6. The largest absolute Gasteiger partial charge is 0.356 e. The van der Waals surface area contributed by atoms with E-state index in [0.717, 1.165) is 11.1 Å². The van der Waals surface area contributed by atoms with E-state index in [1.165, 1.54) is 0 Å². The molecule has 7 nitrogen and oxygen atoms in total. The summed E-state index contributed by atoms with van der Waals surface area (Å²) in [6, 6.07) is 7.30. The van der Waals surface area contributed by atoms with E-state index in [-0.39, 0.29) is 29.1 Å². The Morgan fingerprint density at radius 3 is 2.37 bits per heavy atom. The maximum Gasteiger partial charge on any atom is 0.274 e. The van der Waals surface area contributed by atoms with Gasteiger partial charge in [0.15, 0.2) is 9.84 Å². The summed E-state index contributed by atoms with van der Waals surface area (Å²) in [5.41, 5.74) is 3.09. The van der Waals surface area contributed by atoms with Crippen molar-refractivity contribution < 1.29 is 13.2 Å². The van der Waals surface area contributed by atoms with E-state index in [1.54, 1.807) is 20.0 Å². The Balaban J connectivity index is 1.83. The zero-order valence-corrected chi connectivity index (χ0v) is 16.8. The second kappa shape index (κ2) is 7.26. The number of rotatable bonds is 4. The van der Waals surface area contributed by atoms with Crippen molar-refractivity contribution >= 4 is 27.2 Å². The van der Waals surface area contributed by atoms with Crippen LogP contribution in [0.2, 0.25) is 0 Å². The normalized spacial score (nSPS) is 18.3. The van der Waals surface area contributed by atoms with Crippen LogP contribution in [-0.4, -0.2) is 48.9 Å². The van der Waals surface area contributed by atoms with Crippen LogP contribution in [0.3, 0.4) is 0 Å². The molecule has 3 rings (SSSR count). The highest BCUT2D eigenvalue weighted by Crippen LogP contribution is 2.22. The lowest BCUT2D eigenvalue weighted by Gasteiger charge is -2.25. The molecule has 1 saturated heterocycles. The highest BCUT2D eigenvalue weighted by molar-refractivity contribution is 7.91. The summed E-state index contributed by atoms with van der Waals surface area (Å²) in [6.07, 6.45) is 0.561. The van der Waals surface area contributed by atoms with Gasteiger partial charge in [-0.05, 0) is 50.5 Å². The predicted octanol–water partition coefficient (Wildman–Crippen LogP) is 2.28. The molecule has 1 atom stereocenters. The van der Waals surface area contributed by atoms with Crippen LogP contribution in [0.4, 0.5) is 11.5 Å². The van der Waals surface area contributed by atoms with Gasteiger partial charge in [0.1, 0.15) is 17.3 Å². The Morgan fingerprint density at radius 1 is 1.11 bits per heavy atom. The Kier molecular flexibility index (Phi) is 5.19. The van der Waals surface area contributed by atoms with Gasteiger partial charge in [-0.1, -0.05) is 6.07 Å². The summed E-state index contributed by atoms with van der Waals surface area (Å²) in [6.45, 7) is 5.66. The number of sulfone groups is 1. The fraction of sp³-hybridized carbons (Fsp3) is 0.421. The van der Waals surface area contributed by atoms with Crippen LogP contribution in [0.15, 0.2) is 24.3 Å². The Bertz CT molecular complexity index is 968. The van der Waals surface area contributed by atoms with E-state index < -0.39 is 9.84 Å². The van der Waals surface area contributed by atoms with Gasteiger partial charge in [0, 0.05) is 24.8 Å². The molecule has 144 valence electrons. The van der Waals surface area contributed by atoms with Crippen molar-refractivity contribution in [1.29, 1.82) is 0 Å². The molecule has 1 aromatic carbocycles. The van der Waals surface area contributed by atoms with Crippen molar-refractivity contribution in [3.63, 3.8) is 0 Å². The molecule has 0 spiro atoms. The van der Waals surface area contributed by atoms with Crippen LogP contribution < -0.4 is 10.2 Å². The van der Waals surface area contributed by atoms with Crippen molar-refractivity contribution in [3.8, 4) is 0 Å². The number of hydrogen-bond donors (Lipinski definition) is 1. The number of benzene rings is 1. The Labute approximate surface area is 159 Å². The number of carbonyl (C=O) groups is 1. The number of hydrogen-bond acceptors (Lipinski definition) is 6. The minimum Gasteiger partial charge on any atom is -0.356 e. The fourth-order valence-electron chi connectivity index (χ4n) is 3.36. The van der Waals surface area contributed by atoms with Gasteiger partial charge in [-0.3, -0.25) is 4.79 Å². The average Bonchev–Trinajstić information content (AvgIpc) is 2.92. The van der Waals surface area contributed by atoms with Gasteiger partial charge in [-0.2, -0.15) is 0 Å². The summed E-state index contributed by atoms with van der Waals surface area (Å²) in [4.78, 5) is 23.1. The molecule has 0 radical (unpaired) electrons. The second-order valence-electron chi connectivity index (χ2n) is 7.16. The molecule has 1 amide bonds.